The minimum atomic E-state index is -0.673. The number of hydrogen-bond donors (Lipinski definition) is 2. The smallest absolute Gasteiger partial charge is 0.260 e. The van der Waals surface area contributed by atoms with Crippen molar-refractivity contribution >= 4 is 29.1 Å². The summed E-state index contributed by atoms with van der Waals surface area (Å²) < 4.78 is 5.54. The molecule has 1 aromatic rings. The van der Waals surface area contributed by atoms with Gasteiger partial charge in [0.2, 0.25) is 0 Å². The fourth-order valence-corrected chi connectivity index (χ4v) is 2.13. The summed E-state index contributed by atoms with van der Waals surface area (Å²) in [4.78, 5) is 12.0. The van der Waals surface area contributed by atoms with E-state index in [1.807, 2.05) is 13.8 Å². The lowest BCUT2D eigenvalue weighted by molar-refractivity contribution is -0.127. The molecule has 0 saturated heterocycles. The molecule has 1 atom stereocenters. The van der Waals surface area contributed by atoms with Crippen molar-refractivity contribution in [2.45, 2.75) is 33.3 Å². The molecule has 1 rings (SSSR count). The Kier molecular flexibility index (Phi) is 6.78. The van der Waals surface area contributed by atoms with Crippen LogP contribution in [-0.2, 0) is 4.79 Å². The van der Waals surface area contributed by atoms with Crippen LogP contribution in [0.2, 0.25) is 10.0 Å². The maximum absolute atomic E-state index is 12.0. The van der Waals surface area contributed by atoms with Gasteiger partial charge < -0.3 is 15.2 Å². The number of hydrogen-bond acceptors (Lipinski definition) is 3. The lowest BCUT2D eigenvalue weighted by atomic mass is 9.90. The Bertz CT molecular complexity index is 492. The van der Waals surface area contributed by atoms with Crippen molar-refractivity contribution < 1.29 is 14.6 Å². The van der Waals surface area contributed by atoms with E-state index in [0.717, 1.165) is 0 Å². The minimum absolute atomic E-state index is 0.0926. The van der Waals surface area contributed by atoms with Gasteiger partial charge in [-0.25, -0.2) is 0 Å². The molecule has 0 aliphatic heterocycles. The van der Waals surface area contributed by atoms with Crippen LogP contribution in [-0.4, -0.2) is 30.3 Å². The first-order valence-corrected chi connectivity index (χ1v) is 7.51. The zero-order valence-corrected chi connectivity index (χ0v) is 14.0. The summed E-state index contributed by atoms with van der Waals surface area (Å²) in [5.41, 5.74) is -0.165. The molecule has 2 N–H and O–H groups in total. The molecule has 1 unspecified atom stereocenters. The van der Waals surface area contributed by atoms with Gasteiger partial charge in [-0.3, -0.25) is 4.79 Å². The number of aliphatic hydroxyl groups excluding tert-OH is 1. The van der Waals surface area contributed by atoms with Gasteiger partial charge in [-0.2, -0.15) is 0 Å². The molecule has 0 fully saturated rings. The van der Waals surface area contributed by atoms with E-state index in [2.05, 4.69) is 5.32 Å². The molecule has 0 heterocycles. The Labute approximate surface area is 135 Å². The van der Waals surface area contributed by atoms with Crippen molar-refractivity contribution in [3.63, 3.8) is 0 Å². The second-order valence-electron chi connectivity index (χ2n) is 5.69. The van der Waals surface area contributed by atoms with Crippen LogP contribution in [0.25, 0.3) is 0 Å². The molecular weight excluding hydrogens is 313 g/mol. The van der Waals surface area contributed by atoms with E-state index >= 15 is 0 Å². The zero-order valence-electron chi connectivity index (χ0n) is 12.5. The third-order valence-corrected chi connectivity index (χ3v) is 3.63. The van der Waals surface area contributed by atoms with Gasteiger partial charge in [-0.15, -0.1) is 0 Å². The van der Waals surface area contributed by atoms with Gasteiger partial charge in [-0.1, -0.05) is 37.0 Å². The predicted octanol–water partition coefficient (Wildman–Crippen LogP) is 3.29. The van der Waals surface area contributed by atoms with Crippen molar-refractivity contribution in [2.75, 3.05) is 13.2 Å². The first-order chi connectivity index (χ1) is 9.75. The Morgan fingerprint density at radius 1 is 1.43 bits per heavy atom. The molecule has 0 spiro atoms. The number of rotatable bonds is 7. The zero-order chi connectivity index (χ0) is 16.0. The maximum Gasteiger partial charge on any atom is 0.260 e. The third-order valence-electron chi connectivity index (χ3n) is 3.10. The van der Waals surface area contributed by atoms with Crippen LogP contribution in [0, 0.1) is 5.41 Å². The second-order valence-corrected chi connectivity index (χ2v) is 6.53. The summed E-state index contributed by atoms with van der Waals surface area (Å²) in [6.07, 6.45) is -0.0560. The number of nitrogens with one attached hydrogen (secondary N) is 1. The normalized spacial score (nSPS) is 12.9. The van der Waals surface area contributed by atoms with E-state index in [-0.39, 0.29) is 17.9 Å². The van der Waals surface area contributed by atoms with Crippen LogP contribution in [0.1, 0.15) is 27.2 Å². The molecule has 1 aromatic carbocycles. The summed E-state index contributed by atoms with van der Waals surface area (Å²) in [6.45, 7) is 6.17. The molecule has 118 valence electrons. The first kappa shape index (κ1) is 18.1. The van der Waals surface area contributed by atoms with E-state index in [0.29, 0.717) is 28.8 Å². The first-order valence-electron chi connectivity index (χ1n) is 6.75. The molecule has 0 aliphatic carbocycles. The fourth-order valence-electron chi connectivity index (χ4n) is 1.68. The van der Waals surface area contributed by atoms with Crippen molar-refractivity contribution in [1.82, 2.24) is 5.32 Å². The predicted molar refractivity (Wildman–Crippen MR) is 85.0 cm³/mol. The van der Waals surface area contributed by atoms with Crippen molar-refractivity contribution in [3.8, 4) is 5.75 Å². The van der Waals surface area contributed by atoms with Crippen LogP contribution in [0.4, 0.5) is 0 Å². The standard InChI is InChI=1S/C15H21Cl2NO3/c1-10(14(20)18-9-15(2,3)6-7-19)21-13-5-4-11(16)8-12(13)17/h4-5,8,10,19H,6-7,9H2,1-3H3,(H,18,20). The van der Waals surface area contributed by atoms with E-state index in [4.69, 9.17) is 33.0 Å². The van der Waals surface area contributed by atoms with E-state index < -0.39 is 6.10 Å². The lowest BCUT2D eigenvalue weighted by Crippen LogP contribution is -2.41. The topological polar surface area (TPSA) is 58.6 Å². The molecule has 6 heteroatoms. The number of benzene rings is 1. The Hall–Kier alpha value is -0.970. The van der Waals surface area contributed by atoms with Crippen LogP contribution < -0.4 is 10.1 Å². The SMILES string of the molecule is CC(Oc1ccc(Cl)cc1Cl)C(=O)NCC(C)(C)CCO. The van der Waals surface area contributed by atoms with Gasteiger partial charge in [0.25, 0.3) is 5.91 Å². The van der Waals surface area contributed by atoms with Gasteiger partial charge in [-0.05, 0) is 37.0 Å². The quantitative estimate of drug-likeness (QED) is 0.804. The second kappa shape index (κ2) is 7.87. The van der Waals surface area contributed by atoms with Crippen LogP contribution in [0.3, 0.4) is 0 Å². The highest BCUT2D eigenvalue weighted by atomic mass is 35.5. The summed E-state index contributed by atoms with van der Waals surface area (Å²) in [5, 5.41) is 12.6. The summed E-state index contributed by atoms with van der Waals surface area (Å²) in [7, 11) is 0. The Morgan fingerprint density at radius 2 is 2.10 bits per heavy atom. The van der Waals surface area contributed by atoms with Crippen LogP contribution in [0.15, 0.2) is 18.2 Å². The lowest BCUT2D eigenvalue weighted by Gasteiger charge is -2.25. The van der Waals surface area contributed by atoms with Gasteiger partial charge in [0.1, 0.15) is 5.75 Å². The van der Waals surface area contributed by atoms with E-state index in [1.54, 1.807) is 25.1 Å². The molecule has 0 bridgehead atoms. The van der Waals surface area contributed by atoms with Gasteiger partial charge >= 0.3 is 0 Å². The Balaban J connectivity index is 2.55. The van der Waals surface area contributed by atoms with E-state index in [1.165, 1.54) is 0 Å². The summed E-state index contributed by atoms with van der Waals surface area (Å²) >= 11 is 11.8. The summed E-state index contributed by atoms with van der Waals surface area (Å²) in [5.74, 6) is 0.186. The molecular formula is C15H21Cl2NO3. The van der Waals surface area contributed by atoms with Crippen LogP contribution >= 0.6 is 23.2 Å². The van der Waals surface area contributed by atoms with Gasteiger partial charge in [0.15, 0.2) is 6.10 Å². The number of carbonyl (C=O) groups excluding carboxylic acids is 1. The molecule has 0 radical (unpaired) electrons. The number of ether oxygens (including phenoxy) is 1. The monoisotopic (exact) mass is 333 g/mol. The van der Waals surface area contributed by atoms with Crippen molar-refractivity contribution in [2.24, 2.45) is 5.41 Å². The third kappa shape index (κ3) is 6.12. The van der Waals surface area contributed by atoms with Crippen molar-refractivity contribution in [1.29, 1.82) is 0 Å². The highest BCUT2D eigenvalue weighted by Crippen LogP contribution is 2.28. The maximum atomic E-state index is 12.0. The molecule has 0 aliphatic rings. The number of carbonyl (C=O) groups is 1. The average molecular weight is 334 g/mol. The summed E-state index contributed by atoms with van der Waals surface area (Å²) in [6, 6.07) is 4.84. The van der Waals surface area contributed by atoms with Gasteiger partial charge in [0.05, 0.1) is 5.02 Å². The molecule has 0 saturated carbocycles. The molecule has 1 amide bonds. The van der Waals surface area contributed by atoms with Gasteiger partial charge in [0, 0.05) is 18.2 Å². The molecule has 21 heavy (non-hydrogen) atoms. The highest BCUT2D eigenvalue weighted by Gasteiger charge is 2.21. The molecule has 0 aromatic heterocycles. The average Bonchev–Trinajstić information content (AvgIpc) is 2.39. The number of aliphatic hydroxyl groups is 1. The Morgan fingerprint density at radius 3 is 2.67 bits per heavy atom. The molecule has 4 nitrogen and oxygen atoms in total. The van der Waals surface area contributed by atoms with Crippen molar-refractivity contribution in [3.05, 3.63) is 28.2 Å². The number of halogens is 2. The highest BCUT2D eigenvalue weighted by molar-refractivity contribution is 6.35. The largest absolute Gasteiger partial charge is 0.479 e. The number of amides is 1. The van der Waals surface area contributed by atoms with E-state index in [9.17, 15) is 4.79 Å². The van der Waals surface area contributed by atoms with Crippen LogP contribution in [0.5, 0.6) is 5.75 Å². The fraction of sp³-hybridized carbons (Fsp3) is 0.533. The minimum Gasteiger partial charge on any atom is -0.479 e.